The third kappa shape index (κ3) is 4.81. The molecule has 6 heteroatoms. The molecule has 34 heavy (non-hydrogen) atoms. The lowest BCUT2D eigenvalue weighted by atomic mass is 10.0. The van der Waals surface area contributed by atoms with Crippen LogP contribution in [0.5, 0.6) is 11.5 Å². The summed E-state index contributed by atoms with van der Waals surface area (Å²) >= 11 is 0. The number of aryl methyl sites for hydroxylation is 1. The van der Waals surface area contributed by atoms with E-state index in [9.17, 15) is 9.59 Å². The van der Waals surface area contributed by atoms with Crippen LogP contribution in [0, 0.1) is 6.92 Å². The highest BCUT2D eigenvalue weighted by Crippen LogP contribution is 2.35. The van der Waals surface area contributed by atoms with Crippen molar-refractivity contribution in [2.75, 3.05) is 23.4 Å². The van der Waals surface area contributed by atoms with Gasteiger partial charge < -0.3 is 14.8 Å². The van der Waals surface area contributed by atoms with E-state index in [1.54, 1.807) is 18.2 Å². The Labute approximate surface area is 199 Å². The van der Waals surface area contributed by atoms with Crippen molar-refractivity contribution < 1.29 is 19.1 Å². The number of carbonyl (C=O) groups is 2. The largest absolute Gasteiger partial charge is 0.494 e. The number of anilines is 2. The minimum atomic E-state index is -0.415. The molecule has 2 amide bonds. The summed E-state index contributed by atoms with van der Waals surface area (Å²) in [5.74, 6) is 0.557. The molecule has 0 saturated heterocycles. The fourth-order valence-corrected chi connectivity index (χ4v) is 3.75. The van der Waals surface area contributed by atoms with Crippen molar-refractivity contribution in [3.05, 3.63) is 89.6 Å². The Bertz CT molecular complexity index is 1210. The summed E-state index contributed by atoms with van der Waals surface area (Å²) in [5.41, 5.74) is 3.47. The molecule has 4 rings (SSSR count). The number of rotatable bonds is 9. The molecule has 0 unspecified atom stereocenters. The first-order valence-electron chi connectivity index (χ1n) is 11.4. The smallest absolute Gasteiger partial charge is 0.282 e. The predicted molar refractivity (Wildman–Crippen MR) is 134 cm³/mol. The third-order valence-electron chi connectivity index (χ3n) is 5.41. The first-order valence-corrected chi connectivity index (χ1v) is 11.4. The Kier molecular flexibility index (Phi) is 6.97. The molecule has 1 N–H and O–H groups in total. The number of hydrogen-bond donors (Lipinski definition) is 1. The molecule has 174 valence electrons. The average molecular weight is 457 g/mol. The van der Waals surface area contributed by atoms with Gasteiger partial charge in [0.2, 0.25) is 0 Å². The highest BCUT2D eigenvalue weighted by atomic mass is 16.5. The minimum Gasteiger partial charge on any atom is -0.494 e. The van der Waals surface area contributed by atoms with Gasteiger partial charge in [0, 0.05) is 11.8 Å². The van der Waals surface area contributed by atoms with Gasteiger partial charge in [-0.3, -0.25) is 9.59 Å². The molecule has 0 atom stereocenters. The van der Waals surface area contributed by atoms with Crippen LogP contribution in [0.3, 0.4) is 0 Å². The van der Waals surface area contributed by atoms with E-state index in [1.165, 1.54) is 4.90 Å². The highest BCUT2D eigenvalue weighted by Gasteiger charge is 2.40. The Morgan fingerprint density at radius 1 is 0.824 bits per heavy atom. The maximum Gasteiger partial charge on any atom is 0.282 e. The fourth-order valence-electron chi connectivity index (χ4n) is 3.75. The first kappa shape index (κ1) is 23.1. The second kappa shape index (κ2) is 10.3. The lowest BCUT2D eigenvalue weighted by Gasteiger charge is -2.16. The summed E-state index contributed by atoms with van der Waals surface area (Å²) < 4.78 is 11.2. The van der Waals surface area contributed by atoms with E-state index in [4.69, 9.17) is 9.47 Å². The number of nitrogens with zero attached hydrogens (tertiary/aromatic N) is 1. The van der Waals surface area contributed by atoms with Crippen molar-refractivity contribution in [2.45, 2.75) is 27.2 Å². The van der Waals surface area contributed by atoms with Crippen LogP contribution in [0.1, 0.15) is 31.4 Å². The summed E-state index contributed by atoms with van der Waals surface area (Å²) in [5, 5.41) is 3.18. The summed E-state index contributed by atoms with van der Waals surface area (Å²) in [6.07, 6.45) is 0.862. The van der Waals surface area contributed by atoms with E-state index >= 15 is 0 Å². The van der Waals surface area contributed by atoms with Gasteiger partial charge in [0.1, 0.15) is 17.2 Å². The van der Waals surface area contributed by atoms with Crippen LogP contribution >= 0.6 is 0 Å². The van der Waals surface area contributed by atoms with Crippen LogP contribution in [0.25, 0.3) is 5.57 Å². The second-order valence-electron chi connectivity index (χ2n) is 7.99. The van der Waals surface area contributed by atoms with E-state index < -0.39 is 5.91 Å². The van der Waals surface area contributed by atoms with Gasteiger partial charge in [-0.25, -0.2) is 4.90 Å². The maximum atomic E-state index is 13.6. The van der Waals surface area contributed by atoms with Crippen LogP contribution in [0.2, 0.25) is 0 Å². The molecular formula is C28H28N2O4. The Hall–Kier alpha value is -4.06. The molecule has 1 aliphatic heterocycles. The number of ether oxygens (including phenoxy) is 2. The number of carbonyl (C=O) groups excluding carboxylic acids is 2. The van der Waals surface area contributed by atoms with Crippen molar-refractivity contribution in [2.24, 2.45) is 0 Å². The van der Waals surface area contributed by atoms with E-state index in [0.29, 0.717) is 41.5 Å². The van der Waals surface area contributed by atoms with Gasteiger partial charge in [-0.15, -0.1) is 0 Å². The summed E-state index contributed by atoms with van der Waals surface area (Å²) in [6.45, 7) is 7.05. The van der Waals surface area contributed by atoms with Crippen molar-refractivity contribution >= 4 is 28.8 Å². The van der Waals surface area contributed by atoms with Crippen LogP contribution < -0.4 is 19.7 Å². The number of imide groups is 1. The van der Waals surface area contributed by atoms with Gasteiger partial charge in [-0.2, -0.15) is 0 Å². The van der Waals surface area contributed by atoms with Gasteiger partial charge in [-0.05, 0) is 62.2 Å². The molecule has 0 radical (unpaired) electrons. The Balaban J connectivity index is 1.72. The molecule has 3 aromatic rings. The molecule has 0 fully saturated rings. The molecule has 1 aliphatic rings. The average Bonchev–Trinajstić information content (AvgIpc) is 3.09. The molecule has 0 bridgehead atoms. The summed E-state index contributed by atoms with van der Waals surface area (Å²) in [6, 6.07) is 21.9. The van der Waals surface area contributed by atoms with E-state index in [1.807, 2.05) is 75.4 Å². The molecule has 0 spiro atoms. The zero-order chi connectivity index (χ0) is 24.1. The number of benzene rings is 3. The van der Waals surface area contributed by atoms with Crippen LogP contribution in [0.4, 0.5) is 11.4 Å². The normalized spacial score (nSPS) is 13.4. The van der Waals surface area contributed by atoms with Crippen molar-refractivity contribution in [1.82, 2.24) is 0 Å². The van der Waals surface area contributed by atoms with Crippen LogP contribution in [0.15, 0.2) is 78.5 Å². The molecule has 0 aromatic heterocycles. The van der Waals surface area contributed by atoms with E-state index in [-0.39, 0.29) is 11.6 Å². The predicted octanol–water partition coefficient (Wildman–Crippen LogP) is 5.58. The van der Waals surface area contributed by atoms with Gasteiger partial charge in [0.05, 0.1) is 24.5 Å². The molecule has 0 aliphatic carbocycles. The van der Waals surface area contributed by atoms with Crippen LogP contribution in [-0.4, -0.2) is 25.0 Å². The maximum absolute atomic E-state index is 13.6. The lowest BCUT2D eigenvalue weighted by Crippen LogP contribution is -2.32. The number of nitrogens with one attached hydrogen (secondary N) is 1. The van der Waals surface area contributed by atoms with Gasteiger partial charge in [0.15, 0.2) is 0 Å². The minimum absolute atomic E-state index is 0.234. The zero-order valence-corrected chi connectivity index (χ0v) is 19.6. The fraction of sp³-hybridized carbons (Fsp3) is 0.214. The van der Waals surface area contributed by atoms with E-state index in [0.717, 1.165) is 17.7 Å². The quantitative estimate of drug-likeness (QED) is 0.426. The SMILES string of the molecule is CCCOc1cccc(N2C(=O)C(Nc3ccc(OCC)cc3)=C(c3ccc(C)cc3)C2=O)c1. The third-order valence-corrected chi connectivity index (χ3v) is 5.41. The van der Waals surface area contributed by atoms with Crippen molar-refractivity contribution in [1.29, 1.82) is 0 Å². The van der Waals surface area contributed by atoms with Gasteiger partial charge >= 0.3 is 0 Å². The molecule has 1 heterocycles. The van der Waals surface area contributed by atoms with Crippen molar-refractivity contribution in [3.63, 3.8) is 0 Å². The molecule has 6 nitrogen and oxygen atoms in total. The van der Waals surface area contributed by atoms with Gasteiger partial charge in [-0.1, -0.05) is 42.8 Å². The Morgan fingerprint density at radius 2 is 1.56 bits per heavy atom. The standard InChI is InChI=1S/C28H28N2O4/c1-4-17-34-24-8-6-7-22(18-24)30-27(31)25(20-11-9-19(3)10-12-20)26(28(30)32)29-21-13-15-23(16-14-21)33-5-2/h6-16,18,29H,4-5,17H2,1-3H3. The summed E-state index contributed by atoms with van der Waals surface area (Å²) in [4.78, 5) is 28.4. The van der Waals surface area contributed by atoms with Gasteiger partial charge in [0.25, 0.3) is 11.8 Å². The first-order chi connectivity index (χ1) is 16.5. The molecule has 3 aromatic carbocycles. The topological polar surface area (TPSA) is 67.9 Å². The lowest BCUT2D eigenvalue weighted by molar-refractivity contribution is -0.120. The Morgan fingerprint density at radius 3 is 2.24 bits per heavy atom. The monoisotopic (exact) mass is 456 g/mol. The molecular weight excluding hydrogens is 428 g/mol. The van der Waals surface area contributed by atoms with Crippen LogP contribution in [-0.2, 0) is 9.59 Å². The highest BCUT2D eigenvalue weighted by molar-refractivity contribution is 6.46. The second-order valence-corrected chi connectivity index (χ2v) is 7.99. The van der Waals surface area contributed by atoms with E-state index in [2.05, 4.69) is 5.32 Å². The molecule has 0 saturated carbocycles. The van der Waals surface area contributed by atoms with Crippen molar-refractivity contribution in [3.8, 4) is 11.5 Å². The summed E-state index contributed by atoms with van der Waals surface area (Å²) in [7, 11) is 0. The zero-order valence-electron chi connectivity index (χ0n) is 19.6. The number of hydrogen-bond acceptors (Lipinski definition) is 5. The number of amides is 2.